The van der Waals surface area contributed by atoms with Gasteiger partial charge in [-0.2, -0.15) is 0 Å². The Morgan fingerprint density at radius 2 is 1.78 bits per heavy atom. The molecule has 1 aromatic carbocycles. The SMILES string of the molecule is CCCCCNC(=O)C1CC1C(=O)Nc1ccc(OCC)cc1. The molecule has 0 bridgehead atoms. The number of anilines is 1. The number of ether oxygens (including phenoxy) is 1. The van der Waals surface area contributed by atoms with Crippen molar-refractivity contribution in [2.24, 2.45) is 11.8 Å². The zero-order valence-corrected chi connectivity index (χ0v) is 13.9. The molecule has 1 fully saturated rings. The molecule has 23 heavy (non-hydrogen) atoms. The number of nitrogens with one attached hydrogen (secondary N) is 2. The van der Waals surface area contributed by atoms with Crippen molar-refractivity contribution in [3.63, 3.8) is 0 Å². The highest BCUT2D eigenvalue weighted by Gasteiger charge is 2.47. The van der Waals surface area contributed by atoms with Gasteiger partial charge in [-0.25, -0.2) is 0 Å². The zero-order chi connectivity index (χ0) is 16.7. The number of amides is 2. The molecular weight excluding hydrogens is 292 g/mol. The number of unbranched alkanes of at least 4 members (excludes halogenated alkanes) is 2. The topological polar surface area (TPSA) is 67.4 Å². The zero-order valence-electron chi connectivity index (χ0n) is 13.9. The number of hydrogen-bond acceptors (Lipinski definition) is 3. The molecule has 1 aromatic rings. The van der Waals surface area contributed by atoms with Crippen molar-refractivity contribution in [1.29, 1.82) is 0 Å². The van der Waals surface area contributed by atoms with Crippen molar-refractivity contribution in [2.45, 2.75) is 39.5 Å². The largest absolute Gasteiger partial charge is 0.494 e. The summed E-state index contributed by atoms with van der Waals surface area (Å²) in [6.45, 7) is 5.37. The van der Waals surface area contributed by atoms with E-state index in [0.29, 0.717) is 19.6 Å². The van der Waals surface area contributed by atoms with E-state index in [9.17, 15) is 9.59 Å². The molecule has 5 heteroatoms. The second kappa shape index (κ2) is 8.56. The maximum absolute atomic E-state index is 12.2. The molecule has 5 nitrogen and oxygen atoms in total. The normalized spacial score (nSPS) is 19.0. The second-order valence-corrected chi connectivity index (χ2v) is 5.89. The van der Waals surface area contributed by atoms with Crippen molar-refractivity contribution in [3.05, 3.63) is 24.3 Å². The molecule has 0 aliphatic heterocycles. The van der Waals surface area contributed by atoms with Gasteiger partial charge in [0.2, 0.25) is 11.8 Å². The molecule has 0 aromatic heterocycles. The van der Waals surface area contributed by atoms with Crippen LogP contribution in [0.1, 0.15) is 39.5 Å². The minimum absolute atomic E-state index is 0.00736. The van der Waals surface area contributed by atoms with Gasteiger partial charge in [-0.05, 0) is 44.0 Å². The third-order valence-electron chi connectivity index (χ3n) is 3.98. The Kier molecular flexibility index (Phi) is 6.44. The van der Waals surface area contributed by atoms with Crippen LogP contribution in [0.2, 0.25) is 0 Å². The molecule has 1 aliphatic carbocycles. The smallest absolute Gasteiger partial charge is 0.228 e. The van der Waals surface area contributed by atoms with Crippen LogP contribution in [0.4, 0.5) is 5.69 Å². The van der Waals surface area contributed by atoms with E-state index in [-0.39, 0.29) is 23.7 Å². The summed E-state index contributed by atoms with van der Waals surface area (Å²) in [6.07, 6.45) is 3.89. The van der Waals surface area contributed by atoms with Crippen molar-refractivity contribution in [3.8, 4) is 5.75 Å². The lowest BCUT2D eigenvalue weighted by molar-refractivity contribution is -0.125. The van der Waals surface area contributed by atoms with Gasteiger partial charge in [0.25, 0.3) is 0 Å². The standard InChI is InChI=1S/C18H26N2O3/c1-3-5-6-11-19-17(21)15-12-16(15)18(22)20-13-7-9-14(10-8-13)23-4-2/h7-10,15-16H,3-6,11-12H2,1-2H3,(H,19,21)(H,20,22). The third-order valence-corrected chi connectivity index (χ3v) is 3.98. The predicted molar refractivity (Wildman–Crippen MR) is 90.4 cm³/mol. The molecule has 0 radical (unpaired) electrons. The van der Waals surface area contributed by atoms with Crippen LogP contribution in [-0.4, -0.2) is 25.0 Å². The van der Waals surface area contributed by atoms with Crippen LogP contribution in [0.15, 0.2) is 24.3 Å². The van der Waals surface area contributed by atoms with Gasteiger partial charge in [0.15, 0.2) is 0 Å². The highest BCUT2D eigenvalue weighted by molar-refractivity contribution is 5.99. The highest BCUT2D eigenvalue weighted by atomic mass is 16.5. The van der Waals surface area contributed by atoms with Gasteiger partial charge in [0, 0.05) is 12.2 Å². The maximum atomic E-state index is 12.2. The fourth-order valence-corrected chi connectivity index (χ4v) is 2.53. The van der Waals surface area contributed by atoms with Gasteiger partial charge in [-0.15, -0.1) is 0 Å². The first kappa shape index (κ1) is 17.3. The van der Waals surface area contributed by atoms with Crippen LogP contribution >= 0.6 is 0 Å². The lowest BCUT2D eigenvalue weighted by Crippen LogP contribution is -2.28. The van der Waals surface area contributed by atoms with E-state index in [1.54, 1.807) is 0 Å². The summed E-state index contributed by atoms with van der Waals surface area (Å²) in [6, 6.07) is 7.27. The third kappa shape index (κ3) is 5.27. The second-order valence-electron chi connectivity index (χ2n) is 5.89. The van der Waals surface area contributed by atoms with E-state index in [4.69, 9.17) is 4.74 Å². The van der Waals surface area contributed by atoms with Crippen molar-refractivity contribution in [1.82, 2.24) is 5.32 Å². The van der Waals surface area contributed by atoms with E-state index < -0.39 is 0 Å². The molecule has 1 aliphatic rings. The Balaban J connectivity index is 1.73. The molecule has 0 saturated heterocycles. The van der Waals surface area contributed by atoms with Crippen molar-refractivity contribution >= 4 is 17.5 Å². The average molecular weight is 318 g/mol. The lowest BCUT2D eigenvalue weighted by Gasteiger charge is -2.07. The fraction of sp³-hybridized carbons (Fsp3) is 0.556. The Morgan fingerprint density at radius 3 is 2.43 bits per heavy atom. The summed E-state index contributed by atoms with van der Waals surface area (Å²) in [4.78, 5) is 24.1. The molecule has 126 valence electrons. The first-order valence-electron chi connectivity index (χ1n) is 8.47. The average Bonchev–Trinajstić information content (AvgIpc) is 3.34. The molecule has 2 unspecified atom stereocenters. The minimum Gasteiger partial charge on any atom is -0.494 e. The van der Waals surface area contributed by atoms with Crippen molar-refractivity contribution in [2.75, 3.05) is 18.5 Å². The van der Waals surface area contributed by atoms with E-state index in [2.05, 4.69) is 17.6 Å². The van der Waals surface area contributed by atoms with E-state index >= 15 is 0 Å². The van der Waals surface area contributed by atoms with Crippen LogP contribution in [0.5, 0.6) is 5.75 Å². The quantitative estimate of drug-likeness (QED) is 0.688. The Hall–Kier alpha value is -2.04. The summed E-state index contributed by atoms with van der Waals surface area (Å²) in [5.41, 5.74) is 0.729. The summed E-state index contributed by atoms with van der Waals surface area (Å²) < 4.78 is 5.36. The van der Waals surface area contributed by atoms with Gasteiger partial charge in [-0.1, -0.05) is 19.8 Å². The monoisotopic (exact) mass is 318 g/mol. The maximum Gasteiger partial charge on any atom is 0.228 e. The van der Waals surface area contributed by atoms with Crippen molar-refractivity contribution < 1.29 is 14.3 Å². The van der Waals surface area contributed by atoms with Gasteiger partial charge in [0.05, 0.1) is 18.4 Å². The number of carbonyl (C=O) groups excluding carboxylic acids is 2. The minimum atomic E-state index is -0.201. The number of rotatable bonds is 9. The van der Waals surface area contributed by atoms with Crippen LogP contribution in [-0.2, 0) is 9.59 Å². The Bertz CT molecular complexity index is 528. The first-order chi connectivity index (χ1) is 11.2. The number of benzene rings is 1. The lowest BCUT2D eigenvalue weighted by atomic mass is 10.2. The van der Waals surface area contributed by atoms with Crippen LogP contribution < -0.4 is 15.4 Å². The van der Waals surface area contributed by atoms with Crippen LogP contribution in [0.25, 0.3) is 0 Å². The van der Waals surface area contributed by atoms with Crippen LogP contribution in [0, 0.1) is 11.8 Å². The Labute approximate surface area is 137 Å². The summed E-state index contributed by atoms with van der Waals surface area (Å²) in [5.74, 6) is 0.337. The molecule has 2 atom stereocenters. The first-order valence-corrected chi connectivity index (χ1v) is 8.47. The van der Waals surface area contributed by atoms with E-state index in [1.165, 1.54) is 0 Å². The van der Waals surface area contributed by atoms with Gasteiger partial charge in [-0.3, -0.25) is 9.59 Å². The summed E-state index contributed by atoms with van der Waals surface area (Å²) in [7, 11) is 0. The fourth-order valence-electron chi connectivity index (χ4n) is 2.53. The molecule has 2 rings (SSSR count). The molecule has 2 amide bonds. The van der Waals surface area contributed by atoms with E-state index in [1.807, 2.05) is 31.2 Å². The predicted octanol–water partition coefficient (Wildman–Crippen LogP) is 2.97. The van der Waals surface area contributed by atoms with E-state index in [0.717, 1.165) is 30.7 Å². The van der Waals surface area contributed by atoms with Crippen LogP contribution in [0.3, 0.4) is 0 Å². The molecule has 0 heterocycles. The number of hydrogen-bond donors (Lipinski definition) is 2. The molecule has 0 spiro atoms. The number of carbonyl (C=O) groups is 2. The summed E-state index contributed by atoms with van der Waals surface area (Å²) in [5, 5.41) is 5.77. The molecule has 2 N–H and O–H groups in total. The van der Waals surface area contributed by atoms with Gasteiger partial charge < -0.3 is 15.4 Å². The molecule has 1 saturated carbocycles. The molecular formula is C18H26N2O3. The van der Waals surface area contributed by atoms with Gasteiger partial charge >= 0.3 is 0 Å². The Morgan fingerprint density at radius 1 is 1.09 bits per heavy atom. The van der Waals surface area contributed by atoms with Gasteiger partial charge in [0.1, 0.15) is 5.75 Å². The highest BCUT2D eigenvalue weighted by Crippen LogP contribution is 2.39. The summed E-state index contributed by atoms with van der Waals surface area (Å²) >= 11 is 0.